The first-order chi connectivity index (χ1) is 7.88. The maximum absolute atomic E-state index is 5.56. The number of nitrogens with one attached hydrogen (secondary N) is 2. The molecule has 0 spiro atoms. The minimum atomic E-state index is 0.401. The van der Waals surface area contributed by atoms with Gasteiger partial charge in [0.05, 0.1) is 12.7 Å². The topological polar surface area (TPSA) is 42.5 Å². The third-order valence-electron chi connectivity index (χ3n) is 3.38. The molecule has 4 nitrogen and oxygen atoms in total. The molecule has 1 saturated heterocycles. The van der Waals surface area contributed by atoms with Crippen molar-refractivity contribution in [3.63, 3.8) is 0 Å². The predicted molar refractivity (Wildman–Crippen MR) is 63.6 cm³/mol. The van der Waals surface area contributed by atoms with Crippen molar-refractivity contribution in [2.24, 2.45) is 5.92 Å². The second-order valence-electron chi connectivity index (χ2n) is 4.92. The van der Waals surface area contributed by atoms with E-state index in [2.05, 4.69) is 10.6 Å². The molecular weight excluding hydrogens is 204 g/mol. The summed E-state index contributed by atoms with van der Waals surface area (Å²) in [5.41, 5.74) is 0. The van der Waals surface area contributed by atoms with E-state index in [-0.39, 0.29) is 0 Å². The lowest BCUT2D eigenvalue weighted by Gasteiger charge is -2.11. The zero-order valence-corrected chi connectivity index (χ0v) is 10.2. The van der Waals surface area contributed by atoms with Crippen molar-refractivity contribution >= 4 is 0 Å². The Kier molecular flexibility index (Phi) is 5.03. The van der Waals surface area contributed by atoms with E-state index >= 15 is 0 Å². The van der Waals surface area contributed by atoms with Crippen molar-refractivity contribution in [1.82, 2.24) is 10.6 Å². The number of rotatable bonds is 8. The molecule has 2 unspecified atom stereocenters. The van der Waals surface area contributed by atoms with Crippen molar-refractivity contribution < 1.29 is 9.47 Å². The van der Waals surface area contributed by atoms with Crippen LogP contribution in [0.2, 0.25) is 0 Å². The summed E-state index contributed by atoms with van der Waals surface area (Å²) in [7, 11) is 1.79. The van der Waals surface area contributed by atoms with Crippen LogP contribution in [0, 0.1) is 5.92 Å². The van der Waals surface area contributed by atoms with Gasteiger partial charge in [0.2, 0.25) is 0 Å². The van der Waals surface area contributed by atoms with Crippen LogP contribution in [-0.4, -0.2) is 52.1 Å². The molecule has 94 valence electrons. The highest BCUT2D eigenvalue weighted by molar-refractivity contribution is 4.83. The molecule has 0 amide bonds. The number of methoxy groups -OCH3 is 1. The average molecular weight is 228 g/mol. The number of hydrogen-bond donors (Lipinski definition) is 2. The van der Waals surface area contributed by atoms with Crippen LogP contribution in [-0.2, 0) is 9.47 Å². The standard InChI is InChI=1S/C12H24N2O2/c1-15-12-6-11(14-8-12)7-13-4-5-16-9-10-2-3-10/h10-14H,2-9H2,1H3. The van der Waals surface area contributed by atoms with Gasteiger partial charge >= 0.3 is 0 Å². The minimum Gasteiger partial charge on any atom is -0.380 e. The maximum atomic E-state index is 5.56. The van der Waals surface area contributed by atoms with Crippen LogP contribution in [0.1, 0.15) is 19.3 Å². The summed E-state index contributed by atoms with van der Waals surface area (Å²) in [6.07, 6.45) is 4.26. The van der Waals surface area contributed by atoms with Crippen molar-refractivity contribution in [3.8, 4) is 0 Å². The molecule has 0 radical (unpaired) electrons. The van der Waals surface area contributed by atoms with E-state index in [1.165, 1.54) is 12.8 Å². The minimum absolute atomic E-state index is 0.401. The summed E-state index contributed by atoms with van der Waals surface area (Å²) < 4.78 is 10.9. The summed E-state index contributed by atoms with van der Waals surface area (Å²) in [5.74, 6) is 0.874. The van der Waals surface area contributed by atoms with Crippen LogP contribution < -0.4 is 10.6 Å². The molecule has 2 rings (SSSR count). The molecule has 0 aromatic carbocycles. The lowest BCUT2D eigenvalue weighted by atomic mass is 10.2. The molecule has 4 heteroatoms. The van der Waals surface area contributed by atoms with Crippen molar-refractivity contribution in [2.75, 3.05) is 40.0 Å². The molecule has 0 bridgehead atoms. The van der Waals surface area contributed by atoms with Gasteiger partial charge in [0.1, 0.15) is 0 Å². The SMILES string of the molecule is COC1CNC(CNCCOCC2CC2)C1. The molecular formula is C12H24N2O2. The Labute approximate surface area is 98.1 Å². The quantitative estimate of drug-likeness (QED) is 0.589. The highest BCUT2D eigenvalue weighted by Gasteiger charge is 2.23. The number of hydrogen-bond acceptors (Lipinski definition) is 4. The molecule has 0 aromatic heterocycles. The molecule has 2 atom stereocenters. The van der Waals surface area contributed by atoms with Gasteiger partial charge in [-0.15, -0.1) is 0 Å². The van der Waals surface area contributed by atoms with Gasteiger partial charge in [0, 0.05) is 39.4 Å². The van der Waals surface area contributed by atoms with Gasteiger partial charge in [-0.25, -0.2) is 0 Å². The smallest absolute Gasteiger partial charge is 0.0711 e. The van der Waals surface area contributed by atoms with Gasteiger partial charge in [0.15, 0.2) is 0 Å². The van der Waals surface area contributed by atoms with E-state index in [0.29, 0.717) is 12.1 Å². The fourth-order valence-corrected chi connectivity index (χ4v) is 2.07. The van der Waals surface area contributed by atoms with Gasteiger partial charge in [-0.3, -0.25) is 0 Å². The second kappa shape index (κ2) is 6.55. The molecule has 2 fully saturated rings. The maximum Gasteiger partial charge on any atom is 0.0711 e. The summed E-state index contributed by atoms with van der Waals surface area (Å²) in [5, 5.41) is 6.87. The Balaban J connectivity index is 1.39. The van der Waals surface area contributed by atoms with Crippen LogP contribution in [0.5, 0.6) is 0 Å². The van der Waals surface area contributed by atoms with Gasteiger partial charge in [-0.1, -0.05) is 0 Å². The molecule has 1 saturated carbocycles. The highest BCUT2D eigenvalue weighted by Crippen LogP contribution is 2.28. The fourth-order valence-electron chi connectivity index (χ4n) is 2.07. The molecule has 1 aliphatic heterocycles. The Morgan fingerprint density at radius 1 is 1.38 bits per heavy atom. The lowest BCUT2D eigenvalue weighted by molar-refractivity contribution is 0.116. The summed E-state index contributed by atoms with van der Waals surface area (Å²) in [6, 6.07) is 0.563. The zero-order valence-electron chi connectivity index (χ0n) is 10.2. The van der Waals surface area contributed by atoms with E-state index < -0.39 is 0 Å². The first kappa shape index (κ1) is 12.3. The van der Waals surface area contributed by atoms with Crippen LogP contribution in [0.25, 0.3) is 0 Å². The predicted octanol–water partition coefficient (Wildman–Crippen LogP) is 0.380. The lowest BCUT2D eigenvalue weighted by Crippen LogP contribution is -2.35. The third-order valence-corrected chi connectivity index (χ3v) is 3.38. The monoisotopic (exact) mass is 228 g/mol. The normalized spacial score (nSPS) is 29.8. The molecule has 0 aromatic rings. The summed E-state index contributed by atoms with van der Waals surface area (Å²) in [4.78, 5) is 0. The fraction of sp³-hybridized carbons (Fsp3) is 1.00. The van der Waals surface area contributed by atoms with Gasteiger partial charge in [-0.2, -0.15) is 0 Å². The van der Waals surface area contributed by atoms with Crippen LogP contribution in [0.15, 0.2) is 0 Å². The Bertz CT molecular complexity index is 197. The molecule has 2 N–H and O–H groups in total. The van der Waals surface area contributed by atoms with E-state index in [1.807, 2.05) is 0 Å². The Morgan fingerprint density at radius 3 is 2.94 bits per heavy atom. The highest BCUT2D eigenvalue weighted by atomic mass is 16.5. The first-order valence-corrected chi connectivity index (χ1v) is 6.43. The Hall–Kier alpha value is -0.160. The van der Waals surface area contributed by atoms with Crippen LogP contribution >= 0.6 is 0 Å². The van der Waals surface area contributed by atoms with E-state index in [0.717, 1.165) is 45.2 Å². The van der Waals surface area contributed by atoms with Crippen LogP contribution in [0.4, 0.5) is 0 Å². The van der Waals surface area contributed by atoms with Crippen molar-refractivity contribution in [3.05, 3.63) is 0 Å². The zero-order chi connectivity index (χ0) is 11.2. The largest absolute Gasteiger partial charge is 0.380 e. The van der Waals surface area contributed by atoms with Crippen molar-refractivity contribution in [2.45, 2.75) is 31.4 Å². The molecule has 1 aliphatic carbocycles. The van der Waals surface area contributed by atoms with Gasteiger partial charge < -0.3 is 20.1 Å². The molecule has 16 heavy (non-hydrogen) atoms. The van der Waals surface area contributed by atoms with E-state index in [9.17, 15) is 0 Å². The average Bonchev–Trinajstić information content (AvgIpc) is 3.01. The molecule has 2 aliphatic rings. The first-order valence-electron chi connectivity index (χ1n) is 6.43. The van der Waals surface area contributed by atoms with Gasteiger partial charge in [-0.05, 0) is 25.2 Å². The van der Waals surface area contributed by atoms with E-state index in [1.54, 1.807) is 7.11 Å². The Morgan fingerprint density at radius 2 is 2.25 bits per heavy atom. The number of ether oxygens (including phenoxy) is 2. The third kappa shape index (κ3) is 4.37. The summed E-state index contributed by atoms with van der Waals surface area (Å²) in [6.45, 7) is 4.78. The van der Waals surface area contributed by atoms with Crippen molar-refractivity contribution in [1.29, 1.82) is 0 Å². The summed E-state index contributed by atoms with van der Waals surface area (Å²) >= 11 is 0. The van der Waals surface area contributed by atoms with E-state index in [4.69, 9.17) is 9.47 Å². The van der Waals surface area contributed by atoms with Gasteiger partial charge in [0.25, 0.3) is 0 Å². The van der Waals surface area contributed by atoms with Crippen LogP contribution in [0.3, 0.4) is 0 Å². The molecule has 1 heterocycles. The second-order valence-corrected chi connectivity index (χ2v) is 4.92.